The van der Waals surface area contributed by atoms with Gasteiger partial charge in [0.1, 0.15) is 12.1 Å². The number of likely N-dealkylation sites (N-methyl/N-ethyl adjacent to an activating group) is 1. The van der Waals surface area contributed by atoms with Crippen LogP contribution in [-0.4, -0.2) is 65.8 Å². The summed E-state index contributed by atoms with van der Waals surface area (Å²) in [5.41, 5.74) is 2.07. The van der Waals surface area contributed by atoms with Crippen molar-refractivity contribution in [3.63, 3.8) is 0 Å². The third-order valence-corrected chi connectivity index (χ3v) is 6.62. The lowest BCUT2D eigenvalue weighted by Crippen LogP contribution is -2.58. The van der Waals surface area contributed by atoms with Gasteiger partial charge in [0.2, 0.25) is 11.8 Å². The van der Waals surface area contributed by atoms with Gasteiger partial charge in [-0.3, -0.25) is 19.7 Å². The molecule has 0 radical (unpaired) electrons. The molecule has 8 nitrogen and oxygen atoms in total. The number of carbonyl (C=O) groups excluding carboxylic acids is 4. The number of benzene rings is 1. The summed E-state index contributed by atoms with van der Waals surface area (Å²) < 4.78 is 0. The van der Waals surface area contributed by atoms with E-state index in [1.54, 1.807) is 28.2 Å². The van der Waals surface area contributed by atoms with Crippen LogP contribution < -0.4 is 10.6 Å². The normalized spacial score (nSPS) is 21.3. The van der Waals surface area contributed by atoms with E-state index in [4.69, 9.17) is 0 Å². The van der Waals surface area contributed by atoms with Crippen LogP contribution in [0.5, 0.6) is 0 Å². The zero-order valence-corrected chi connectivity index (χ0v) is 18.0. The Hall–Kier alpha value is -3.20. The van der Waals surface area contributed by atoms with Gasteiger partial charge in [0.25, 0.3) is 5.91 Å². The molecule has 2 aliphatic rings. The van der Waals surface area contributed by atoms with Crippen LogP contribution in [0.1, 0.15) is 18.4 Å². The number of amides is 5. The Morgan fingerprint density at radius 3 is 2.71 bits per heavy atom. The fraction of sp³-hybridized carbons (Fsp3) is 0.364. The highest BCUT2D eigenvalue weighted by Gasteiger charge is 2.37. The molecule has 2 atom stereocenters. The minimum absolute atomic E-state index is 0.0844. The number of carbonyl (C=O) groups is 4. The lowest BCUT2D eigenvalue weighted by molar-refractivity contribution is -0.150. The Kier molecular flexibility index (Phi) is 6.03. The molecule has 1 aromatic carbocycles. The first kappa shape index (κ1) is 21.0. The van der Waals surface area contributed by atoms with Crippen molar-refractivity contribution in [1.29, 1.82) is 0 Å². The molecule has 2 N–H and O–H groups in total. The number of imide groups is 1. The second-order valence-corrected chi connectivity index (χ2v) is 8.75. The molecule has 0 aliphatic carbocycles. The Morgan fingerprint density at radius 2 is 2.00 bits per heavy atom. The summed E-state index contributed by atoms with van der Waals surface area (Å²) in [4.78, 5) is 53.3. The topological polar surface area (TPSA) is 98.8 Å². The summed E-state index contributed by atoms with van der Waals surface area (Å²) in [6.45, 7) is 0.913. The van der Waals surface area contributed by atoms with Crippen LogP contribution in [0.15, 0.2) is 41.8 Å². The molecular formula is C22H24N4O4S. The number of hydrogen-bond donors (Lipinski definition) is 2. The molecule has 2 aromatic rings. The molecule has 9 heteroatoms. The Balaban J connectivity index is 1.47. The van der Waals surface area contributed by atoms with E-state index >= 15 is 0 Å². The fourth-order valence-electron chi connectivity index (χ4n) is 4.00. The van der Waals surface area contributed by atoms with Gasteiger partial charge in [0.15, 0.2) is 0 Å². The van der Waals surface area contributed by atoms with Crippen molar-refractivity contribution in [2.24, 2.45) is 0 Å². The predicted octanol–water partition coefficient (Wildman–Crippen LogP) is 1.62. The first-order valence-electron chi connectivity index (χ1n) is 10.2. The summed E-state index contributed by atoms with van der Waals surface area (Å²) in [5, 5.41) is 6.69. The maximum atomic E-state index is 13.0. The molecule has 31 heavy (non-hydrogen) atoms. The molecule has 2 saturated heterocycles. The lowest BCUT2D eigenvalue weighted by atomic mass is 9.98. The van der Waals surface area contributed by atoms with E-state index in [-0.39, 0.29) is 24.7 Å². The molecule has 3 heterocycles. The molecule has 0 saturated carbocycles. The van der Waals surface area contributed by atoms with Crippen LogP contribution in [0.2, 0.25) is 0 Å². The minimum Gasteiger partial charge on any atom is -0.342 e. The second-order valence-electron chi connectivity index (χ2n) is 7.80. The molecule has 4 rings (SSSR count). The zero-order chi connectivity index (χ0) is 22.0. The predicted molar refractivity (Wildman–Crippen MR) is 116 cm³/mol. The van der Waals surface area contributed by atoms with Crippen molar-refractivity contribution in [2.75, 3.05) is 20.1 Å². The van der Waals surface area contributed by atoms with Crippen LogP contribution in [0.3, 0.4) is 0 Å². The van der Waals surface area contributed by atoms with Crippen LogP contribution in [0.25, 0.3) is 10.4 Å². The van der Waals surface area contributed by atoms with Gasteiger partial charge in [-0.15, -0.1) is 11.3 Å². The van der Waals surface area contributed by atoms with Crippen molar-refractivity contribution >= 4 is 35.1 Å². The average molecular weight is 441 g/mol. The average Bonchev–Trinajstić information content (AvgIpc) is 3.39. The third kappa shape index (κ3) is 4.61. The van der Waals surface area contributed by atoms with Crippen LogP contribution in [0, 0.1) is 0 Å². The summed E-state index contributed by atoms with van der Waals surface area (Å²) in [6.07, 6.45) is 0.716. The number of thiophene rings is 1. The number of rotatable bonds is 6. The number of nitrogens with zero attached hydrogens (tertiary/aromatic N) is 2. The largest absolute Gasteiger partial charge is 0.342 e. The molecule has 0 spiro atoms. The maximum absolute atomic E-state index is 13.0. The van der Waals surface area contributed by atoms with E-state index in [1.807, 2.05) is 29.6 Å². The summed E-state index contributed by atoms with van der Waals surface area (Å²) in [5.74, 6) is -0.697. The van der Waals surface area contributed by atoms with Gasteiger partial charge >= 0.3 is 6.03 Å². The highest BCUT2D eigenvalue weighted by Crippen LogP contribution is 2.26. The van der Waals surface area contributed by atoms with Gasteiger partial charge in [-0.25, -0.2) is 4.79 Å². The van der Waals surface area contributed by atoms with Crippen molar-refractivity contribution in [2.45, 2.75) is 31.3 Å². The fourth-order valence-corrected chi connectivity index (χ4v) is 4.72. The van der Waals surface area contributed by atoms with E-state index < -0.39 is 24.0 Å². The van der Waals surface area contributed by atoms with Crippen LogP contribution >= 0.6 is 11.3 Å². The molecule has 0 bridgehead atoms. The van der Waals surface area contributed by atoms with Gasteiger partial charge in [0, 0.05) is 37.9 Å². The van der Waals surface area contributed by atoms with E-state index in [9.17, 15) is 19.2 Å². The van der Waals surface area contributed by atoms with Gasteiger partial charge in [0.05, 0.1) is 0 Å². The molecule has 2 fully saturated rings. The Labute approximate surface area is 184 Å². The van der Waals surface area contributed by atoms with Crippen molar-refractivity contribution in [3.05, 3.63) is 47.3 Å². The maximum Gasteiger partial charge on any atom is 0.322 e. The van der Waals surface area contributed by atoms with Gasteiger partial charge in [-0.1, -0.05) is 30.3 Å². The third-order valence-electron chi connectivity index (χ3n) is 5.70. The smallest absolute Gasteiger partial charge is 0.322 e. The quantitative estimate of drug-likeness (QED) is 0.667. The SMILES string of the molecule is CN1CCN(C(=O)CC[C@@H]2NC(=O)NC2=O)[C@H](Cc2cccc(-c3cccs3)c2)C1=O. The first-order chi connectivity index (χ1) is 14.9. The highest BCUT2D eigenvalue weighted by molar-refractivity contribution is 7.13. The van der Waals surface area contributed by atoms with E-state index in [0.29, 0.717) is 19.5 Å². The number of piperazine rings is 1. The molecule has 5 amide bonds. The van der Waals surface area contributed by atoms with E-state index in [1.165, 1.54) is 0 Å². The number of nitrogens with one attached hydrogen (secondary N) is 2. The summed E-state index contributed by atoms with van der Waals surface area (Å²) >= 11 is 1.65. The van der Waals surface area contributed by atoms with Gasteiger partial charge in [-0.2, -0.15) is 0 Å². The Morgan fingerprint density at radius 1 is 1.16 bits per heavy atom. The van der Waals surface area contributed by atoms with E-state index in [0.717, 1.165) is 16.0 Å². The highest BCUT2D eigenvalue weighted by atomic mass is 32.1. The van der Waals surface area contributed by atoms with Crippen LogP contribution in [0.4, 0.5) is 4.79 Å². The monoisotopic (exact) mass is 440 g/mol. The van der Waals surface area contributed by atoms with Crippen molar-refractivity contribution < 1.29 is 19.2 Å². The van der Waals surface area contributed by atoms with Crippen molar-refractivity contribution in [3.8, 4) is 10.4 Å². The van der Waals surface area contributed by atoms with Crippen molar-refractivity contribution in [1.82, 2.24) is 20.4 Å². The van der Waals surface area contributed by atoms with Crippen LogP contribution in [-0.2, 0) is 20.8 Å². The number of hydrogen-bond acceptors (Lipinski definition) is 5. The minimum atomic E-state index is -0.708. The van der Waals surface area contributed by atoms with Gasteiger partial charge in [-0.05, 0) is 29.0 Å². The summed E-state index contributed by atoms with van der Waals surface area (Å²) in [7, 11) is 1.75. The zero-order valence-electron chi connectivity index (χ0n) is 17.2. The number of urea groups is 1. The molecule has 2 aliphatic heterocycles. The Bertz CT molecular complexity index is 1010. The molecule has 1 aromatic heterocycles. The van der Waals surface area contributed by atoms with Gasteiger partial charge < -0.3 is 15.1 Å². The molecular weight excluding hydrogens is 416 g/mol. The second kappa shape index (κ2) is 8.89. The molecule has 162 valence electrons. The lowest BCUT2D eigenvalue weighted by Gasteiger charge is -2.39. The standard InChI is InChI=1S/C22H24N4O4S/c1-25-9-10-26(19(27)8-7-16-20(28)24-22(30)23-16)17(21(25)29)13-14-4-2-5-15(12-14)18-6-3-11-31-18/h2-6,11-12,16-17H,7-10,13H2,1H3,(H2,23,24,28,30)/t16-,17+/m0/s1. The molecule has 0 unspecified atom stereocenters. The summed E-state index contributed by atoms with van der Waals surface area (Å²) in [6, 6.07) is 10.3. The first-order valence-corrected chi connectivity index (χ1v) is 11.1. The van der Waals surface area contributed by atoms with E-state index in [2.05, 4.69) is 22.8 Å².